The Morgan fingerprint density at radius 3 is 2.26 bits per heavy atom. The van der Waals surface area contributed by atoms with Crippen LogP contribution in [-0.4, -0.2) is 29.9 Å². The number of hydrogen-bond acceptors (Lipinski definition) is 6. The molecule has 0 unspecified atom stereocenters. The molecule has 1 aliphatic heterocycles. The minimum Gasteiger partial charge on any atom is -0.549 e. The van der Waals surface area contributed by atoms with E-state index in [1.165, 1.54) is 0 Å². The van der Waals surface area contributed by atoms with E-state index >= 15 is 0 Å². The van der Waals surface area contributed by atoms with Crippen molar-refractivity contribution in [3.63, 3.8) is 0 Å². The van der Waals surface area contributed by atoms with Gasteiger partial charge < -0.3 is 23.6 Å². The van der Waals surface area contributed by atoms with Crippen LogP contribution in [0.3, 0.4) is 0 Å². The number of piperidine rings is 1. The van der Waals surface area contributed by atoms with Crippen LogP contribution >= 0.6 is 0 Å². The number of fused-ring (bicyclic) bond motifs is 2. The van der Waals surface area contributed by atoms with E-state index in [0.717, 1.165) is 21.9 Å². The Balaban J connectivity index is 1.45. The lowest BCUT2D eigenvalue weighted by molar-refractivity contribution is -0.315. The van der Waals surface area contributed by atoms with Crippen LogP contribution in [0.5, 0.6) is 0 Å². The standard InChI is InChI=1S/C31H33NO6/c1-18-21-15-23-24(30(3,4)5)17-37-26(23)19(2)27(21)38-28(34)22(18)16-25(33)32-13-11-31(12-14-32,29(35)36)20-9-7-6-8-10-20/h6-10,15,17H,11-14,16H2,1-5H3,(H,35,36)/p-1. The van der Waals surface area contributed by atoms with Crippen molar-refractivity contribution >= 4 is 33.8 Å². The molecule has 198 valence electrons. The van der Waals surface area contributed by atoms with Gasteiger partial charge in [0, 0.05) is 40.4 Å². The predicted octanol–water partition coefficient (Wildman–Crippen LogP) is 4.31. The minimum absolute atomic E-state index is 0.109. The fourth-order valence-corrected chi connectivity index (χ4v) is 5.75. The van der Waals surface area contributed by atoms with Gasteiger partial charge in [-0.25, -0.2) is 4.79 Å². The summed E-state index contributed by atoms with van der Waals surface area (Å²) in [6.45, 7) is 10.6. The van der Waals surface area contributed by atoms with Gasteiger partial charge in [-0.3, -0.25) is 4.79 Å². The molecule has 4 aromatic rings. The number of rotatable bonds is 4. The third kappa shape index (κ3) is 4.10. The molecule has 0 saturated carbocycles. The highest BCUT2D eigenvalue weighted by molar-refractivity contribution is 6.00. The van der Waals surface area contributed by atoms with Crippen LogP contribution in [0.15, 0.2) is 56.3 Å². The van der Waals surface area contributed by atoms with Gasteiger partial charge in [-0.15, -0.1) is 0 Å². The summed E-state index contributed by atoms with van der Waals surface area (Å²) in [6, 6.07) is 11.0. The van der Waals surface area contributed by atoms with Crippen molar-refractivity contribution in [2.45, 2.75) is 64.7 Å². The third-order valence-electron chi connectivity index (χ3n) is 8.16. The number of likely N-dealkylation sites (tertiary alicyclic amines) is 1. The number of benzene rings is 2. The van der Waals surface area contributed by atoms with Gasteiger partial charge in [0.05, 0.1) is 24.2 Å². The molecule has 0 spiro atoms. The largest absolute Gasteiger partial charge is 0.549 e. The predicted molar refractivity (Wildman–Crippen MR) is 143 cm³/mol. The second-order valence-corrected chi connectivity index (χ2v) is 11.4. The Bertz CT molecular complexity index is 1610. The van der Waals surface area contributed by atoms with Crippen LogP contribution in [0, 0.1) is 13.8 Å². The second kappa shape index (κ2) is 9.15. The van der Waals surface area contributed by atoms with E-state index in [9.17, 15) is 19.5 Å². The molecule has 1 amide bonds. The van der Waals surface area contributed by atoms with Crippen molar-refractivity contribution in [1.82, 2.24) is 4.90 Å². The van der Waals surface area contributed by atoms with Gasteiger partial charge in [0.25, 0.3) is 0 Å². The Morgan fingerprint density at radius 1 is 1.00 bits per heavy atom. The summed E-state index contributed by atoms with van der Waals surface area (Å²) in [6.07, 6.45) is 2.16. The van der Waals surface area contributed by atoms with Crippen LogP contribution in [-0.2, 0) is 26.8 Å². The maximum atomic E-state index is 13.3. The smallest absolute Gasteiger partial charge is 0.340 e. The summed E-state index contributed by atoms with van der Waals surface area (Å²) in [5.41, 5.74) is 2.87. The summed E-state index contributed by atoms with van der Waals surface area (Å²) in [5.74, 6) is -1.35. The molecule has 0 atom stereocenters. The highest BCUT2D eigenvalue weighted by atomic mass is 16.4. The maximum Gasteiger partial charge on any atom is 0.340 e. The van der Waals surface area contributed by atoms with Gasteiger partial charge in [0.15, 0.2) is 0 Å². The van der Waals surface area contributed by atoms with E-state index in [1.807, 2.05) is 38.1 Å². The monoisotopic (exact) mass is 514 g/mol. The van der Waals surface area contributed by atoms with Gasteiger partial charge in [-0.05, 0) is 49.3 Å². The van der Waals surface area contributed by atoms with Crippen molar-refractivity contribution in [3.05, 3.63) is 80.9 Å². The second-order valence-electron chi connectivity index (χ2n) is 11.4. The van der Waals surface area contributed by atoms with Crippen molar-refractivity contribution in [1.29, 1.82) is 0 Å². The Hall–Kier alpha value is -3.87. The number of carbonyl (C=O) groups is 2. The van der Waals surface area contributed by atoms with Crippen molar-refractivity contribution in [2.75, 3.05) is 13.1 Å². The number of nitrogens with zero attached hydrogens (tertiary/aromatic N) is 1. The first-order valence-corrected chi connectivity index (χ1v) is 13.0. The number of aryl methyl sites for hydroxylation is 2. The molecule has 0 aliphatic carbocycles. The molecule has 2 aromatic carbocycles. The van der Waals surface area contributed by atoms with E-state index < -0.39 is 17.0 Å². The zero-order chi connectivity index (χ0) is 27.4. The zero-order valence-corrected chi connectivity index (χ0v) is 22.5. The van der Waals surface area contributed by atoms with Gasteiger partial charge in [0.2, 0.25) is 5.91 Å². The highest BCUT2D eigenvalue weighted by Crippen LogP contribution is 2.38. The van der Waals surface area contributed by atoms with Gasteiger partial charge in [-0.1, -0.05) is 51.1 Å². The fraction of sp³-hybridized carbons (Fsp3) is 0.387. The topological polar surface area (TPSA) is 104 Å². The molecule has 5 rings (SSSR count). The number of aliphatic carboxylic acids is 1. The summed E-state index contributed by atoms with van der Waals surface area (Å²) >= 11 is 0. The number of carboxylic acids is 1. The Kier molecular flexibility index (Phi) is 6.21. The molecule has 0 bridgehead atoms. The average molecular weight is 515 g/mol. The number of hydrogen-bond donors (Lipinski definition) is 0. The molecule has 1 aliphatic rings. The zero-order valence-electron chi connectivity index (χ0n) is 22.5. The van der Waals surface area contributed by atoms with E-state index in [2.05, 4.69) is 20.8 Å². The lowest BCUT2D eigenvalue weighted by Crippen LogP contribution is -2.54. The maximum absolute atomic E-state index is 13.3. The van der Waals surface area contributed by atoms with Gasteiger partial charge in [-0.2, -0.15) is 0 Å². The molecular formula is C31H32NO6-. The lowest BCUT2D eigenvalue weighted by Gasteiger charge is -2.43. The normalized spacial score (nSPS) is 15.8. The molecule has 1 saturated heterocycles. The van der Waals surface area contributed by atoms with E-state index in [4.69, 9.17) is 8.83 Å². The number of amides is 1. The van der Waals surface area contributed by atoms with E-state index in [1.54, 1.807) is 23.3 Å². The SMILES string of the molecule is Cc1c(CC(=O)N2CCC(C(=O)[O-])(c3ccccc3)CC2)c(=O)oc2c(C)c3occ(C(C)(C)C)c3cc12. The summed E-state index contributed by atoms with van der Waals surface area (Å²) in [7, 11) is 0. The first-order chi connectivity index (χ1) is 17.9. The van der Waals surface area contributed by atoms with Crippen LogP contribution in [0.25, 0.3) is 21.9 Å². The van der Waals surface area contributed by atoms with Crippen molar-refractivity contribution in [2.24, 2.45) is 0 Å². The molecule has 2 aromatic heterocycles. The molecule has 3 heterocycles. The lowest BCUT2D eigenvalue weighted by atomic mass is 9.73. The Labute approximate surface area is 221 Å². The highest BCUT2D eigenvalue weighted by Gasteiger charge is 2.39. The summed E-state index contributed by atoms with van der Waals surface area (Å²) in [4.78, 5) is 40.2. The number of carboxylic acid groups (broad SMARTS) is 1. The van der Waals surface area contributed by atoms with Crippen LogP contribution in [0.1, 0.15) is 61.4 Å². The van der Waals surface area contributed by atoms with Crippen LogP contribution < -0.4 is 10.7 Å². The summed E-state index contributed by atoms with van der Waals surface area (Å²) in [5, 5.41) is 13.9. The molecule has 7 heteroatoms. The van der Waals surface area contributed by atoms with Crippen LogP contribution in [0.4, 0.5) is 0 Å². The molecule has 0 N–H and O–H groups in total. The fourth-order valence-electron chi connectivity index (χ4n) is 5.75. The summed E-state index contributed by atoms with van der Waals surface area (Å²) < 4.78 is 11.6. The van der Waals surface area contributed by atoms with Crippen molar-refractivity contribution in [3.8, 4) is 0 Å². The quantitative estimate of drug-likeness (QED) is 0.376. The number of carbonyl (C=O) groups excluding carboxylic acids is 2. The van der Waals surface area contributed by atoms with E-state index in [0.29, 0.717) is 27.9 Å². The third-order valence-corrected chi connectivity index (χ3v) is 8.16. The first-order valence-electron chi connectivity index (χ1n) is 13.0. The first kappa shape index (κ1) is 25.8. The number of furan rings is 1. The van der Waals surface area contributed by atoms with Crippen LogP contribution in [0.2, 0.25) is 0 Å². The molecule has 38 heavy (non-hydrogen) atoms. The molecule has 1 fully saturated rings. The van der Waals surface area contributed by atoms with Gasteiger partial charge in [0.1, 0.15) is 11.2 Å². The average Bonchev–Trinajstić information content (AvgIpc) is 3.33. The van der Waals surface area contributed by atoms with Gasteiger partial charge >= 0.3 is 5.63 Å². The minimum atomic E-state index is -1.13. The van der Waals surface area contributed by atoms with Crippen molar-refractivity contribution < 1.29 is 23.5 Å². The Morgan fingerprint density at radius 2 is 1.66 bits per heavy atom. The van der Waals surface area contributed by atoms with E-state index in [-0.39, 0.29) is 43.7 Å². The molecular weight excluding hydrogens is 482 g/mol. The molecule has 0 radical (unpaired) electrons. The molecule has 7 nitrogen and oxygen atoms in total.